The second-order valence-electron chi connectivity index (χ2n) is 3.65. The minimum absolute atomic E-state index is 0.0430. The van der Waals surface area contributed by atoms with E-state index in [1.165, 1.54) is 11.8 Å². The molecule has 0 aliphatic heterocycles. The van der Waals surface area contributed by atoms with E-state index in [2.05, 4.69) is 5.32 Å². The van der Waals surface area contributed by atoms with E-state index < -0.39 is 0 Å². The molecule has 0 saturated carbocycles. The number of anilines is 1. The number of nitrogens with zero attached hydrogens (tertiary/aromatic N) is 1. The molecular weight excluding hydrogens is 220 g/mol. The number of carbonyl (C=O) groups is 2. The summed E-state index contributed by atoms with van der Waals surface area (Å²) in [4.78, 5) is 23.8. The van der Waals surface area contributed by atoms with Crippen molar-refractivity contribution in [2.45, 2.75) is 6.92 Å². The lowest BCUT2D eigenvalue weighted by Gasteiger charge is -2.14. The van der Waals surface area contributed by atoms with E-state index in [0.29, 0.717) is 5.69 Å². The van der Waals surface area contributed by atoms with Gasteiger partial charge in [0.05, 0.1) is 13.7 Å². The lowest BCUT2D eigenvalue weighted by Crippen LogP contribution is -2.33. The summed E-state index contributed by atoms with van der Waals surface area (Å²) in [6.45, 7) is 1.46. The first-order valence-corrected chi connectivity index (χ1v) is 5.18. The lowest BCUT2D eigenvalue weighted by molar-refractivity contribution is -0.131. The number of nitrogens with one attached hydrogen (secondary N) is 1. The molecule has 0 saturated heterocycles. The molecule has 5 heteroatoms. The van der Waals surface area contributed by atoms with E-state index in [1.54, 1.807) is 38.4 Å². The molecule has 0 radical (unpaired) electrons. The molecule has 0 spiro atoms. The molecule has 0 aromatic heterocycles. The van der Waals surface area contributed by atoms with Gasteiger partial charge in [0.1, 0.15) is 5.75 Å². The maximum absolute atomic E-state index is 11.5. The van der Waals surface area contributed by atoms with Gasteiger partial charge in [0.15, 0.2) is 0 Å². The normalized spacial score (nSPS) is 9.59. The van der Waals surface area contributed by atoms with E-state index in [1.807, 2.05) is 0 Å². The van der Waals surface area contributed by atoms with Gasteiger partial charge in [-0.3, -0.25) is 9.59 Å². The zero-order valence-electron chi connectivity index (χ0n) is 10.2. The van der Waals surface area contributed by atoms with Crippen LogP contribution >= 0.6 is 0 Å². The van der Waals surface area contributed by atoms with Gasteiger partial charge >= 0.3 is 0 Å². The van der Waals surface area contributed by atoms with E-state index in [0.717, 1.165) is 5.75 Å². The van der Waals surface area contributed by atoms with Gasteiger partial charge in [-0.2, -0.15) is 0 Å². The Morgan fingerprint density at radius 1 is 1.29 bits per heavy atom. The van der Waals surface area contributed by atoms with Gasteiger partial charge in [-0.1, -0.05) is 0 Å². The fourth-order valence-corrected chi connectivity index (χ4v) is 1.20. The summed E-state index contributed by atoms with van der Waals surface area (Å²) in [5, 5.41) is 2.69. The molecule has 5 nitrogen and oxygen atoms in total. The fourth-order valence-electron chi connectivity index (χ4n) is 1.20. The number of likely N-dealkylation sites (N-methyl/N-ethyl adjacent to an activating group) is 1. The maximum Gasteiger partial charge on any atom is 0.243 e. The van der Waals surface area contributed by atoms with Gasteiger partial charge in [0.25, 0.3) is 0 Å². The van der Waals surface area contributed by atoms with Crippen LogP contribution in [0.2, 0.25) is 0 Å². The third-order valence-corrected chi connectivity index (χ3v) is 2.29. The van der Waals surface area contributed by atoms with Crippen molar-refractivity contribution in [3.8, 4) is 5.75 Å². The highest BCUT2D eigenvalue weighted by Gasteiger charge is 2.08. The van der Waals surface area contributed by atoms with Gasteiger partial charge < -0.3 is 15.0 Å². The quantitative estimate of drug-likeness (QED) is 0.852. The average Bonchev–Trinajstić information content (AvgIpc) is 2.29. The number of benzene rings is 1. The molecule has 17 heavy (non-hydrogen) atoms. The Balaban J connectivity index is 2.53. The predicted molar refractivity (Wildman–Crippen MR) is 64.9 cm³/mol. The summed E-state index contributed by atoms with van der Waals surface area (Å²) < 4.78 is 5.00. The Labute approximate surface area is 100 Å². The highest BCUT2D eigenvalue weighted by molar-refractivity contribution is 5.94. The van der Waals surface area contributed by atoms with E-state index in [-0.39, 0.29) is 18.4 Å². The number of amides is 2. The number of hydrogen-bond acceptors (Lipinski definition) is 3. The van der Waals surface area contributed by atoms with Crippen LogP contribution in [0, 0.1) is 0 Å². The summed E-state index contributed by atoms with van der Waals surface area (Å²) in [6.07, 6.45) is 0. The van der Waals surface area contributed by atoms with Crippen LogP contribution in [0.15, 0.2) is 24.3 Å². The van der Waals surface area contributed by atoms with Crippen LogP contribution in [-0.2, 0) is 9.59 Å². The third kappa shape index (κ3) is 4.14. The minimum Gasteiger partial charge on any atom is -0.497 e. The standard InChI is InChI=1S/C12H16N2O3/c1-9(15)14(2)8-12(16)13-10-4-6-11(17-3)7-5-10/h4-7H,8H2,1-3H3,(H,13,16). The van der Waals surface area contributed by atoms with Crippen molar-refractivity contribution in [1.82, 2.24) is 4.90 Å². The molecule has 92 valence electrons. The van der Waals surface area contributed by atoms with Crippen molar-refractivity contribution in [3.05, 3.63) is 24.3 Å². The van der Waals surface area contributed by atoms with Crippen LogP contribution in [-0.4, -0.2) is 37.4 Å². The molecule has 2 amide bonds. The summed E-state index contributed by atoms with van der Waals surface area (Å²) >= 11 is 0. The van der Waals surface area contributed by atoms with Crippen LogP contribution in [0.5, 0.6) is 5.75 Å². The maximum atomic E-state index is 11.5. The highest BCUT2D eigenvalue weighted by Crippen LogP contribution is 2.14. The van der Waals surface area contributed by atoms with Gasteiger partial charge in [0, 0.05) is 19.7 Å². The minimum atomic E-state index is -0.229. The number of hydrogen-bond donors (Lipinski definition) is 1. The van der Waals surface area contributed by atoms with Crippen LogP contribution < -0.4 is 10.1 Å². The SMILES string of the molecule is COc1ccc(NC(=O)CN(C)C(C)=O)cc1. The molecule has 1 N–H and O–H groups in total. The van der Waals surface area contributed by atoms with Crippen molar-refractivity contribution in [1.29, 1.82) is 0 Å². The summed E-state index contributed by atoms with van der Waals surface area (Å²) in [5.41, 5.74) is 0.674. The molecule has 1 aromatic carbocycles. The number of rotatable bonds is 4. The first-order valence-electron chi connectivity index (χ1n) is 5.18. The van der Waals surface area contributed by atoms with Crippen molar-refractivity contribution < 1.29 is 14.3 Å². The second-order valence-corrected chi connectivity index (χ2v) is 3.65. The molecular formula is C12H16N2O3. The highest BCUT2D eigenvalue weighted by atomic mass is 16.5. The van der Waals surface area contributed by atoms with Gasteiger partial charge in [-0.15, -0.1) is 0 Å². The number of methoxy groups -OCH3 is 1. The molecule has 0 aliphatic carbocycles. The van der Waals surface area contributed by atoms with Crippen LogP contribution in [0.1, 0.15) is 6.92 Å². The zero-order valence-corrected chi connectivity index (χ0v) is 10.2. The Morgan fingerprint density at radius 3 is 2.35 bits per heavy atom. The Kier molecular flexibility index (Phi) is 4.51. The first kappa shape index (κ1) is 13.0. The molecule has 0 atom stereocenters. The lowest BCUT2D eigenvalue weighted by atomic mass is 10.3. The fraction of sp³-hybridized carbons (Fsp3) is 0.333. The molecule has 1 rings (SSSR count). The van der Waals surface area contributed by atoms with E-state index in [9.17, 15) is 9.59 Å². The monoisotopic (exact) mass is 236 g/mol. The molecule has 1 aromatic rings. The largest absolute Gasteiger partial charge is 0.497 e. The molecule has 0 aliphatic rings. The van der Waals surface area contributed by atoms with Crippen LogP contribution in [0.25, 0.3) is 0 Å². The topological polar surface area (TPSA) is 58.6 Å². The van der Waals surface area contributed by atoms with Gasteiger partial charge in [-0.05, 0) is 24.3 Å². The van der Waals surface area contributed by atoms with Crippen molar-refractivity contribution >= 4 is 17.5 Å². The Hall–Kier alpha value is -2.04. The third-order valence-electron chi connectivity index (χ3n) is 2.29. The van der Waals surface area contributed by atoms with Crippen LogP contribution in [0.3, 0.4) is 0 Å². The Morgan fingerprint density at radius 2 is 1.88 bits per heavy atom. The predicted octanol–water partition coefficient (Wildman–Crippen LogP) is 1.11. The molecule has 0 fully saturated rings. The van der Waals surface area contributed by atoms with Crippen molar-refractivity contribution in [2.75, 3.05) is 26.0 Å². The molecule has 0 heterocycles. The number of ether oxygens (including phenoxy) is 1. The second kappa shape index (κ2) is 5.89. The summed E-state index contributed by atoms with van der Waals surface area (Å²) in [5.74, 6) is 0.353. The van der Waals surface area contributed by atoms with Gasteiger partial charge in [0.2, 0.25) is 11.8 Å². The van der Waals surface area contributed by atoms with E-state index >= 15 is 0 Å². The Bertz CT molecular complexity index is 401. The van der Waals surface area contributed by atoms with Crippen LogP contribution in [0.4, 0.5) is 5.69 Å². The molecule has 0 unspecified atom stereocenters. The summed E-state index contributed by atoms with van der Waals surface area (Å²) in [6, 6.07) is 6.99. The number of carbonyl (C=O) groups excluding carboxylic acids is 2. The first-order chi connectivity index (χ1) is 8.02. The van der Waals surface area contributed by atoms with E-state index in [4.69, 9.17) is 4.74 Å². The summed E-state index contributed by atoms with van der Waals surface area (Å²) in [7, 11) is 3.16. The van der Waals surface area contributed by atoms with Crippen molar-refractivity contribution in [2.24, 2.45) is 0 Å². The molecule has 0 bridgehead atoms. The zero-order chi connectivity index (χ0) is 12.8. The average molecular weight is 236 g/mol. The smallest absolute Gasteiger partial charge is 0.243 e. The van der Waals surface area contributed by atoms with Crippen molar-refractivity contribution in [3.63, 3.8) is 0 Å². The van der Waals surface area contributed by atoms with Gasteiger partial charge in [-0.25, -0.2) is 0 Å².